The monoisotopic (exact) mass is 290 g/mol. The molecule has 21 heavy (non-hydrogen) atoms. The van der Waals surface area contributed by atoms with Crippen LogP contribution in [0.15, 0.2) is 36.4 Å². The third-order valence-electron chi connectivity index (χ3n) is 2.89. The molecule has 106 valence electrons. The maximum absolute atomic E-state index is 13.1. The number of imidazole rings is 1. The van der Waals surface area contributed by atoms with Gasteiger partial charge in [0.1, 0.15) is 29.0 Å². The summed E-state index contributed by atoms with van der Waals surface area (Å²) in [6.07, 6.45) is 1.21. The first-order valence-electron chi connectivity index (χ1n) is 6.04. The number of nitrogens with one attached hydrogen (secondary N) is 1. The summed E-state index contributed by atoms with van der Waals surface area (Å²) in [6.45, 7) is 0. The number of hydrogen-bond donors (Lipinski definition) is 2. The van der Waals surface area contributed by atoms with Gasteiger partial charge >= 0.3 is 0 Å². The quantitative estimate of drug-likeness (QED) is 0.700. The van der Waals surface area contributed by atoms with E-state index in [0.29, 0.717) is 17.1 Å². The second-order valence-electron chi connectivity index (χ2n) is 4.47. The summed E-state index contributed by atoms with van der Waals surface area (Å²) in [4.78, 5) is 6.91. The fraction of sp³-hybridized carbons (Fsp3) is 0. The molecule has 1 heterocycles. The Balaban J connectivity index is 2.02. The standard InChI is InChI=1S/C15H9F3N2O/c16-9-1-2-12-13(6-9)20-15(19-12)7-14(21)8-3-10(17)5-11(18)4-8/h1-7,21H,(H,19,20). The molecule has 0 saturated carbocycles. The lowest BCUT2D eigenvalue weighted by atomic mass is 10.1. The van der Waals surface area contributed by atoms with Crippen LogP contribution in [0.1, 0.15) is 11.4 Å². The second-order valence-corrected chi connectivity index (χ2v) is 4.47. The number of benzene rings is 2. The van der Waals surface area contributed by atoms with Crippen LogP contribution < -0.4 is 0 Å². The van der Waals surface area contributed by atoms with E-state index in [0.717, 1.165) is 12.1 Å². The molecule has 0 aliphatic heterocycles. The number of aliphatic hydroxyl groups excluding tert-OH is 1. The number of hydrogen-bond acceptors (Lipinski definition) is 2. The van der Waals surface area contributed by atoms with E-state index in [1.165, 1.54) is 24.3 Å². The van der Waals surface area contributed by atoms with Crippen molar-refractivity contribution in [2.75, 3.05) is 0 Å². The van der Waals surface area contributed by atoms with Gasteiger partial charge in [0.2, 0.25) is 0 Å². The van der Waals surface area contributed by atoms with E-state index in [2.05, 4.69) is 9.97 Å². The molecule has 0 radical (unpaired) electrons. The van der Waals surface area contributed by atoms with Gasteiger partial charge in [0, 0.05) is 17.7 Å². The zero-order valence-electron chi connectivity index (χ0n) is 10.6. The molecule has 0 unspecified atom stereocenters. The maximum Gasteiger partial charge on any atom is 0.134 e. The highest BCUT2D eigenvalue weighted by Crippen LogP contribution is 2.19. The number of H-pyrrole nitrogens is 1. The summed E-state index contributed by atoms with van der Waals surface area (Å²) < 4.78 is 39.3. The van der Waals surface area contributed by atoms with E-state index in [1.807, 2.05) is 0 Å². The van der Waals surface area contributed by atoms with Gasteiger partial charge in [0.05, 0.1) is 11.0 Å². The normalized spacial score (nSPS) is 12.0. The molecule has 0 bridgehead atoms. The summed E-state index contributed by atoms with van der Waals surface area (Å²) in [6, 6.07) is 6.71. The molecule has 3 nitrogen and oxygen atoms in total. The number of aromatic amines is 1. The summed E-state index contributed by atoms with van der Waals surface area (Å²) in [5.74, 6) is -2.11. The highest BCUT2D eigenvalue weighted by atomic mass is 19.1. The smallest absolute Gasteiger partial charge is 0.134 e. The number of aliphatic hydroxyl groups is 1. The third kappa shape index (κ3) is 2.74. The predicted molar refractivity (Wildman–Crippen MR) is 72.9 cm³/mol. The van der Waals surface area contributed by atoms with Crippen molar-refractivity contribution in [1.29, 1.82) is 0 Å². The molecule has 3 rings (SSSR count). The van der Waals surface area contributed by atoms with Crippen molar-refractivity contribution >= 4 is 22.9 Å². The third-order valence-corrected chi connectivity index (χ3v) is 2.89. The van der Waals surface area contributed by atoms with Crippen LogP contribution in [-0.2, 0) is 0 Å². The number of nitrogens with zero attached hydrogens (tertiary/aromatic N) is 1. The fourth-order valence-electron chi connectivity index (χ4n) is 1.98. The lowest BCUT2D eigenvalue weighted by Gasteiger charge is -2.00. The Morgan fingerprint density at radius 1 is 1.00 bits per heavy atom. The van der Waals surface area contributed by atoms with Crippen molar-refractivity contribution in [3.05, 3.63) is 65.2 Å². The van der Waals surface area contributed by atoms with Crippen LogP contribution in [0.25, 0.3) is 22.9 Å². The maximum atomic E-state index is 13.1. The van der Waals surface area contributed by atoms with Gasteiger partial charge in [-0.25, -0.2) is 18.2 Å². The van der Waals surface area contributed by atoms with Crippen LogP contribution in [-0.4, -0.2) is 15.1 Å². The van der Waals surface area contributed by atoms with Gasteiger partial charge in [-0.05, 0) is 30.3 Å². The molecule has 0 aliphatic rings. The first-order valence-corrected chi connectivity index (χ1v) is 6.04. The summed E-state index contributed by atoms with van der Waals surface area (Å²) in [7, 11) is 0. The van der Waals surface area contributed by atoms with Gasteiger partial charge in [-0.2, -0.15) is 0 Å². The van der Waals surface area contributed by atoms with E-state index in [4.69, 9.17) is 0 Å². The minimum atomic E-state index is -0.795. The summed E-state index contributed by atoms with van der Waals surface area (Å²) in [5.41, 5.74) is 0.958. The van der Waals surface area contributed by atoms with Gasteiger partial charge in [0.15, 0.2) is 0 Å². The van der Waals surface area contributed by atoms with Crippen LogP contribution in [0, 0.1) is 17.5 Å². The summed E-state index contributed by atoms with van der Waals surface area (Å²) >= 11 is 0. The average molecular weight is 290 g/mol. The number of rotatable bonds is 2. The molecule has 6 heteroatoms. The molecular weight excluding hydrogens is 281 g/mol. The molecule has 0 amide bonds. The van der Waals surface area contributed by atoms with Crippen LogP contribution in [0.3, 0.4) is 0 Å². The molecular formula is C15H9F3N2O. The zero-order valence-corrected chi connectivity index (χ0v) is 10.6. The van der Waals surface area contributed by atoms with Crippen molar-refractivity contribution < 1.29 is 18.3 Å². The molecule has 0 fully saturated rings. The van der Waals surface area contributed by atoms with Crippen LogP contribution >= 0.6 is 0 Å². The first kappa shape index (κ1) is 13.2. The molecule has 0 saturated heterocycles. The molecule has 0 atom stereocenters. The molecule has 0 spiro atoms. The van der Waals surface area contributed by atoms with E-state index < -0.39 is 17.5 Å². The Morgan fingerprint density at radius 3 is 2.43 bits per heavy atom. The zero-order chi connectivity index (χ0) is 15.0. The molecule has 2 aromatic carbocycles. The van der Waals surface area contributed by atoms with Crippen LogP contribution in [0.5, 0.6) is 0 Å². The lowest BCUT2D eigenvalue weighted by Crippen LogP contribution is -1.88. The molecule has 3 aromatic rings. The predicted octanol–water partition coefficient (Wildman–Crippen LogP) is 4.04. The lowest BCUT2D eigenvalue weighted by molar-refractivity contribution is 0.511. The minimum absolute atomic E-state index is 0.0147. The number of halogens is 3. The SMILES string of the molecule is OC(=Cc1nc2ccc(F)cc2[nH]1)c1cc(F)cc(F)c1. The molecule has 0 aliphatic carbocycles. The van der Waals surface area contributed by atoms with Crippen molar-refractivity contribution in [2.45, 2.75) is 0 Å². The van der Waals surface area contributed by atoms with Gasteiger partial charge < -0.3 is 10.1 Å². The van der Waals surface area contributed by atoms with Crippen molar-refractivity contribution in [1.82, 2.24) is 9.97 Å². The van der Waals surface area contributed by atoms with Crippen molar-refractivity contribution in [3.8, 4) is 0 Å². The van der Waals surface area contributed by atoms with Gasteiger partial charge in [-0.15, -0.1) is 0 Å². The summed E-state index contributed by atoms with van der Waals surface area (Å²) in [5, 5.41) is 9.90. The Labute approximate surface area is 117 Å². The topological polar surface area (TPSA) is 48.9 Å². The molecule has 2 N–H and O–H groups in total. The van der Waals surface area contributed by atoms with Gasteiger partial charge in [-0.3, -0.25) is 0 Å². The average Bonchev–Trinajstić information content (AvgIpc) is 2.78. The fourth-order valence-corrected chi connectivity index (χ4v) is 1.98. The van der Waals surface area contributed by atoms with E-state index in [-0.39, 0.29) is 17.1 Å². The Kier molecular flexibility index (Phi) is 3.13. The van der Waals surface area contributed by atoms with Gasteiger partial charge in [0.25, 0.3) is 0 Å². The van der Waals surface area contributed by atoms with Crippen LogP contribution in [0.4, 0.5) is 13.2 Å². The Hall–Kier alpha value is -2.76. The van der Waals surface area contributed by atoms with Crippen molar-refractivity contribution in [3.63, 3.8) is 0 Å². The highest BCUT2D eigenvalue weighted by molar-refractivity contribution is 5.80. The van der Waals surface area contributed by atoms with E-state index >= 15 is 0 Å². The van der Waals surface area contributed by atoms with E-state index in [1.54, 1.807) is 0 Å². The number of aromatic nitrogens is 2. The Bertz CT molecular complexity index is 835. The first-order chi connectivity index (χ1) is 10.0. The molecule has 1 aromatic heterocycles. The van der Waals surface area contributed by atoms with Gasteiger partial charge in [-0.1, -0.05) is 0 Å². The second kappa shape index (κ2) is 4.97. The highest BCUT2D eigenvalue weighted by Gasteiger charge is 2.07. The largest absolute Gasteiger partial charge is 0.507 e. The van der Waals surface area contributed by atoms with E-state index in [9.17, 15) is 18.3 Å². The Morgan fingerprint density at radius 2 is 1.71 bits per heavy atom. The van der Waals surface area contributed by atoms with Crippen molar-refractivity contribution in [2.24, 2.45) is 0 Å². The minimum Gasteiger partial charge on any atom is -0.507 e. The van der Waals surface area contributed by atoms with Crippen LogP contribution in [0.2, 0.25) is 0 Å². The number of fused-ring (bicyclic) bond motifs is 1.